The zero-order chi connectivity index (χ0) is 14.8. The van der Waals surface area contributed by atoms with Gasteiger partial charge in [-0.3, -0.25) is 4.79 Å². The topological polar surface area (TPSA) is 78.9 Å². The summed E-state index contributed by atoms with van der Waals surface area (Å²) >= 11 is 0. The summed E-state index contributed by atoms with van der Waals surface area (Å²) in [5.41, 5.74) is 2.02. The average Bonchev–Trinajstić information content (AvgIpc) is 2.53. The molecule has 0 bridgehead atoms. The van der Waals surface area contributed by atoms with Gasteiger partial charge >= 0.3 is 5.97 Å². The number of nitrogens with zero attached hydrogens (tertiary/aromatic N) is 1. The molecule has 6 heteroatoms. The molecule has 1 amide bonds. The van der Waals surface area contributed by atoms with Crippen LogP contribution in [0.25, 0.3) is 0 Å². The number of carboxylic acids is 1. The first-order valence-corrected chi connectivity index (χ1v) is 7.08. The highest BCUT2D eigenvalue weighted by Crippen LogP contribution is 2.24. The van der Waals surface area contributed by atoms with E-state index in [1.807, 2.05) is 24.3 Å². The molecule has 1 unspecified atom stereocenters. The molecule has 3 rings (SSSR count). The Bertz CT molecular complexity index is 554. The van der Waals surface area contributed by atoms with E-state index in [0.717, 1.165) is 11.1 Å². The number of benzene rings is 1. The van der Waals surface area contributed by atoms with E-state index in [4.69, 9.17) is 4.74 Å². The lowest BCUT2D eigenvalue weighted by Crippen LogP contribution is -2.57. The Labute approximate surface area is 122 Å². The van der Waals surface area contributed by atoms with Gasteiger partial charge in [-0.2, -0.15) is 0 Å². The molecule has 0 aliphatic carbocycles. The molecular formula is C15H18N2O4. The van der Waals surface area contributed by atoms with Crippen LogP contribution < -0.4 is 5.32 Å². The van der Waals surface area contributed by atoms with Crippen LogP contribution in [0.4, 0.5) is 0 Å². The minimum Gasteiger partial charge on any atom is -0.480 e. The summed E-state index contributed by atoms with van der Waals surface area (Å²) in [4.78, 5) is 25.6. The van der Waals surface area contributed by atoms with Crippen molar-refractivity contribution in [2.45, 2.75) is 25.0 Å². The largest absolute Gasteiger partial charge is 0.480 e. The zero-order valence-electron chi connectivity index (χ0n) is 11.6. The maximum atomic E-state index is 12.6. The summed E-state index contributed by atoms with van der Waals surface area (Å²) in [6.45, 7) is 1.82. The number of fused-ring (bicyclic) bond motifs is 1. The Morgan fingerprint density at radius 1 is 1.29 bits per heavy atom. The Morgan fingerprint density at radius 3 is 2.71 bits per heavy atom. The van der Waals surface area contributed by atoms with Crippen molar-refractivity contribution in [3.63, 3.8) is 0 Å². The minimum atomic E-state index is -0.963. The third-order valence-corrected chi connectivity index (χ3v) is 4.04. The number of carbonyl (C=O) groups excluding carboxylic acids is 1. The van der Waals surface area contributed by atoms with Gasteiger partial charge in [0, 0.05) is 19.5 Å². The number of carboxylic acid groups (broad SMARTS) is 1. The molecule has 2 heterocycles. The number of aliphatic carboxylic acids is 1. The fraction of sp³-hybridized carbons (Fsp3) is 0.467. The van der Waals surface area contributed by atoms with E-state index in [-0.39, 0.29) is 5.91 Å². The van der Waals surface area contributed by atoms with Crippen LogP contribution in [-0.2, 0) is 27.3 Å². The van der Waals surface area contributed by atoms with Crippen molar-refractivity contribution in [2.24, 2.45) is 0 Å². The van der Waals surface area contributed by atoms with E-state index < -0.39 is 18.1 Å². The lowest BCUT2D eigenvalue weighted by Gasteiger charge is -2.37. The van der Waals surface area contributed by atoms with Gasteiger partial charge in [-0.05, 0) is 11.1 Å². The normalized spacial score (nSPS) is 25.2. The highest BCUT2D eigenvalue weighted by Gasteiger charge is 2.37. The van der Waals surface area contributed by atoms with Crippen molar-refractivity contribution >= 4 is 11.9 Å². The standard InChI is InChI=1S/C15H18N2O4/c18-14(12-9-21-6-5-16-12)17-8-11-4-2-1-3-10(11)7-13(17)15(19)20/h1-4,12-13,16H,5-9H2,(H,19,20)/t12?,13-/m1/s1. The molecule has 0 radical (unpaired) electrons. The molecule has 1 fully saturated rings. The lowest BCUT2D eigenvalue weighted by molar-refractivity contribution is -0.153. The molecule has 6 nitrogen and oxygen atoms in total. The van der Waals surface area contributed by atoms with Gasteiger partial charge in [0.15, 0.2) is 0 Å². The third-order valence-electron chi connectivity index (χ3n) is 4.04. The highest BCUT2D eigenvalue weighted by molar-refractivity contribution is 5.88. The molecule has 2 aliphatic heterocycles. The Morgan fingerprint density at radius 2 is 2.05 bits per heavy atom. The quantitative estimate of drug-likeness (QED) is 0.802. The van der Waals surface area contributed by atoms with Gasteiger partial charge in [-0.25, -0.2) is 4.79 Å². The first-order chi connectivity index (χ1) is 10.2. The average molecular weight is 290 g/mol. The summed E-state index contributed by atoms with van der Waals surface area (Å²) in [5.74, 6) is -1.16. The monoisotopic (exact) mass is 290 g/mol. The van der Waals surface area contributed by atoms with Crippen LogP contribution in [0.5, 0.6) is 0 Å². The number of amides is 1. The Balaban J connectivity index is 1.85. The number of rotatable bonds is 2. The van der Waals surface area contributed by atoms with Gasteiger partial charge in [-0.1, -0.05) is 24.3 Å². The molecule has 0 saturated carbocycles. The summed E-state index contributed by atoms with van der Waals surface area (Å²) in [6.07, 6.45) is 0.352. The van der Waals surface area contributed by atoms with E-state index in [1.54, 1.807) is 0 Å². The van der Waals surface area contributed by atoms with E-state index in [9.17, 15) is 14.7 Å². The van der Waals surface area contributed by atoms with Crippen LogP contribution >= 0.6 is 0 Å². The molecule has 1 aromatic carbocycles. The minimum absolute atomic E-state index is 0.198. The second-order valence-electron chi connectivity index (χ2n) is 5.37. The molecule has 1 saturated heterocycles. The second-order valence-corrected chi connectivity index (χ2v) is 5.37. The van der Waals surface area contributed by atoms with Crippen molar-refractivity contribution in [1.29, 1.82) is 0 Å². The zero-order valence-corrected chi connectivity index (χ0v) is 11.6. The van der Waals surface area contributed by atoms with Crippen LogP contribution in [0.2, 0.25) is 0 Å². The van der Waals surface area contributed by atoms with Crippen LogP contribution in [0.15, 0.2) is 24.3 Å². The van der Waals surface area contributed by atoms with Crippen molar-refractivity contribution in [1.82, 2.24) is 10.2 Å². The van der Waals surface area contributed by atoms with Gasteiger partial charge in [0.1, 0.15) is 12.1 Å². The van der Waals surface area contributed by atoms with Gasteiger partial charge in [0.2, 0.25) is 5.91 Å². The maximum Gasteiger partial charge on any atom is 0.326 e. The summed E-state index contributed by atoms with van der Waals surface area (Å²) < 4.78 is 5.30. The van der Waals surface area contributed by atoms with Crippen molar-refractivity contribution in [3.8, 4) is 0 Å². The van der Waals surface area contributed by atoms with Gasteiger partial charge in [0.05, 0.1) is 13.2 Å². The molecule has 21 heavy (non-hydrogen) atoms. The molecule has 2 atom stereocenters. The molecule has 0 spiro atoms. The van der Waals surface area contributed by atoms with E-state index in [2.05, 4.69) is 5.32 Å². The van der Waals surface area contributed by atoms with Gasteiger partial charge in [-0.15, -0.1) is 0 Å². The smallest absolute Gasteiger partial charge is 0.326 e. The van der Waals surface area contributed by atoms with Crippen LogP contribution in [-0.4, -0.2) is 53.7 Å². The number of hydrogen-bond donors (Lipinski definition) is 2. The number of hydrogen-bond acceptors (Lipinski definition) is 4. The second kappa shape index (κ2) is 5.83. The van der Waals surface area contributed by atoms with Crippen molar-refractivity contribution in [3.05, 3.63) is 35.4 Å². The van der Waals surface area contributed by atoms with Crippen molar-refractivity contribution < 1.29 is 19.4 Å². The fourth-order valence-corrected chi connectivity index (χ4v) is 2.90. The predicted octanol–water partition coefficient (Wildman–Crippen LogP) is 0.0129. The molecule has 2 N–H and O–H groups in total. The van der Waals surface area contributed by atoms with Crippen LogP contribution in [0.1, 0.15) is 11.1 Å². The molecule has 1 aromatic rings. The van der Waals surface area contributed by atoms with Gasteiger partial charge < -0.3 is 20.1 Å². The maximum absolute atomic E-state index is 12.6. The lowest BCUT2D eigenvalue weighted by atomic mass is 9.93. The molecule has 112 valence electrons. The third kappa shape index (κ3) is 2.77. The van der Waals surface area contributed by atoms with Gasteiger partial charge in [0.25, 0.3) is 0 Å². The number of ether oxygens (including phenoxy) is 1. The SMILES string of the molecule is O=C(O)[C@H]1Cc2ccccc2CN1C(=O)C1COCCN1. The van der Waals surface area contributed by atoms with E-state index >= 15 is 0 Å². The first kappa shape index (κ1) is 14.0. The highest BCUT2D eigenvalue weighted by atomic mass is 16.5. The van der Waals surface area contributed by atoms with Crippen LogP contribution in [0.3, 0.4) is 0 Å². The fourth-order valence-electron chi connectivity index (χ4n) is 2.90. The number of carbonyl (C=O) groups is 2. The van der Waals surface area contributed by atoms with Crippen molar-refractivity contribution in [2.75, 3.05) is 19.8 Å². The van der Waals surface area contributed by atoms with E-state index in [1.165, 1.54) is 4.90 Å². The summed E-state index contributed by atoms with van der Waals surface area (Å²) in [7, 11) is 0. The predicted molar refractivity (Wildman–Crippen MR) is 74.7 cm³/mol. The molecule has 0 aromatic heterocycles. The Hall–Kier alpha value is -1.92. The Kier molecular flexibility index (Phi) is 3.90. The first-order valence-electron chi connectivity index (χ1n) is 7.08. The number of nitrogens with one attached hydrogen (secondary N) is 1. The van der Waals surface area contributed by atoms with Crippen LogP contribution in [0, 0.1) is 0 Å². The summed E-state index contributed by atoms with van der Waals surface area (Å²) in [6, 6.07) is 6.41. The van der Waals surface area contributed by atoms with E-state index in [0.29, 0.717) is 32.7 Å². The molecule has 2 aliphatic rings. The summed E-state index contributed by atoms with van der Waals surface area (Å²) in [5, 5.41) is 12.5. The number of morpholine rings is 1. The molecular weight excluding hydrogens is 272 g/mol.